The van der Waals surface area contributed by atoms with E-state index in [1.807, 2.05) is 32.9 Å². The number of aryl methyl sites for hydroxylation is 1. The van der Waals surface area contributed by atoms with Crippen LogP contribution in [-0.4, -0.2) is 11.8 Å². The van der Waals surface area contributed by atoms with Crippen LogP contribution in [-0.2, 0) is 16.0 Å². The minimum Gasteiger partial charge on any atom is -0.426 e. The van der Waals surface area contributed by atoms with Crippen molar-refractivity contribution in [2.75, 3.05) is 0 Å². The molecule has 0 aliphatic carbocycles. The molecule has 0 N–H and O–H groups in total. The van der Waals surface area contributed by atoms with Crippen molar-refractivity contribution in [1.82, 2.24) is 0 Å². The highest BCUT2D eigenvalue weighted by molar-refractivity contribution is 5.82. The number of ketones is 1. The summed E-state index contributed by atoms with van der Waals surface area (Å²) >= 11 is 0. The van der Waals surface area contributed by atoms with Crippen molar-refractivity contribution in [2.24, 2.45) is 5.41 Å². The Labute approximate surface area is 108 Å². The molecule has 0 fully saturated rings. The fourth-order valence-corrected chi connectivity index (χ4v) is 1.72. The highest BCUT2D eigenvalue weighted by atomic mass is 16.5. The number of rotatable bonds is 4. The number of Topliss-reactive ketones (excluding diaryl/α,β-unsaturated/α-hetero) is 1. The molecule has 0 saturated heterocycles. The summed E-state index contributed by atoms with van der Waals surface area (Å²) in [5.41, 5.74) is 1.50. The first-order chi connectivity index (χ1) is 8.24. The summed E-state index contributed by atoms with van der Waals surface area (Å²) in [6, 6.07) is 5.57. The second-order valence-electron chi connectivity index (χ2n) is 5.26. The topological polar surface area (TPSA) is 43.4 Å². The van der Waals surface area contributed by atoms with Crippen LogP contribution in [0.25, 0.3) is 0 Å². The molecule has 0 aliphatic rings. The van der Waals surface area contributed by atoms with Crippen LogP contribution in [0.15, 0.2) is 18.2 Å². The number of carbonyl (C=O) groups excluding carboxylic acids is 2. The SMILES string of the molecule is CC(=O)Oc1cccc(C)c1CC(C)(C)C(C)=O. The third-order valence-corrected chi connectivity index (χ3v) is 3.19. The number of ether oxygens (including phenoxy) is 1. The van der Waals surface area contributed by atoms with Crippen LogP contribution in [0.3, 0.4) is 0 Å². The first kappa shape index (κ1) is 14.4. The molecule has 18 heavy (non-hydrogen) atoms. The summed E-state index contributed by atoms with van der Waals surface area (Å²) in [4.78, 5) is 22.7. The van der Waals surface area contributed by atoms with Gasteiger partial charge in [0.1, 0.15) is 11.5 Å². The Morgan fingerprint density at radius 1 is 1.22 bits per heavy atom. The summed E-state index contributed by atoms with van der Waals surface area (Å²) < 4.78 is 5.20. The van der Waals surface area contributed by atoms with Crippen molar-refractivity contribution in [1.29, 1.82) is 0 Å². The molecule has 1 rings (SSSR count). The van der Waals surface area contributed by atoms with Crippen LogP contribution in [0.5, 0.6) is 5.75 Å². The molecule has 1 aromatic rings. The van der Waals surface area contributed by atoms with Crippen molar-refractivity contribution < 1.29 is 14.3 Å². The molecule has 0 aromatic heterocycles. The average Bonchev–Trinajstić information content (AvgIpc) is 2.22. The largest absolute Gasteiger partial charge is 0.426 e. The normalized spacial score (nSPS) is 11.2. The lowest BCUT2D eigenvalue weighted by Gasteiger charge is -2.23. The van der Waals surface area contributed by atoms with Gasteiger partial charge >= 0.3 is 5.97 Å². The quantitative estimate of drug-likeness (QED) is 0.607. The molecule has 0 saturated carbocycles. The molecule has 0 bridgehead atoms. The van der Waals surface area contributed by atoms with Gasteiger partial charge < -0.3 is 4.74 Å². The standard InChI is InChI=1S/C15H20O3/c1-10-7-6-8-14(18-12(3)17)13(10)9-15(4,5)11(2)16/h6-8H,9H2,1-5H3. The predicted molar refractivity (Wildman–Crippen MR) is 70.7 cm³/mol. The highest BCUT2D eigenvalue weighted by Gasteiger charge is 2.26. The maximum Gasteiger partial charge on any atom is 0.308 e. The van der Waals surface area contributed by atoms with E-state index in [-0.39, 0.29) is 11.8 Å². The second kappa shape index (κ2) is 5.34. The second-order valence-corrected chi connectivity index (χ2v) is 5.26. The van der Waals surface area contributed by atoms with Crippen molar-refractivity contribution in [3.8, 4) is 5.75 Å². The zero-order valence-electron chi connectivity index (χ0n) is 11.7. The number of carbonyl (C=O) groups is 2. The van der Waals surface area contributed by atoms with Crippen molar-refractivity contribution in [3.05, 3.63) is 29.3 Å². The van der Waals surface area contributed by atoms with Gasteiger partial charge in [-0.15, -0.1) is 0 Å². The molecule has 1 aromatic carbocycles. The summed E-state index contributed by atoms with van der Waals surface area (Å²) in [6.07, 6.45) is 0.567. The van der Waals surface area contributed by atoms with Gasteiger partial charge in [-0.25, -0.2) is 0 Å². The molecule has 98 valence electrons. The maximum absolute atomic E-state index is 11.6. The van der Waals surface area contributed by atoms with Gasteiger partial charge in [-0.2, -0.15) is 0 Å². The van der Waals surface area contributed by atoms with Gasteiger partial charge in [-0.05, 0) is 37.5 Å². The zero-order chi connectivity index (χ0) is 13.9. The lowest BCUT2D eigenvalue weighted by molar-refractivity contribution is -0.131. The molecule has 0 aliphatic heterocycles. The van der Waals surface area contributed by atoms with E-state index >= 15 is 0 Å². The Kier molecular flexibility index (Phi) is 4.28. The monoisotopic (exact) mass is 248 g/mol. The first-order valence-corrected chi connectivity index (χ1v) is 6.02. The summed E-state index contributed by atoms with van der Waals surface area (Å²) in [7, 11) is 0. The highest BCUT2D eigenvalue weighted by Crippen LogP contribution is 2.31. The molecule has 0 radical (unpaired) electrons. The molecular weight excluding hydrogens is 228 g/mol. The minimum atomic E-state index is -0.457. The molecule has 3 nitrogen and oxygen atoms in total. The van der Waals surface area contributed by atoms with E-state index in [2.05, 4.69) is 0 Å². The zero-order valence-corrected chi connectivity index (χ0v) is 11.7. The van der Waals surface area contributed by atoms with Crippen molar-refractivity contribution in [3.63, 3.8) is 0 Å². The van der Waals surface area contributed by atoms with Gasteiger partial charge in [0.15, 0.2) is 0 Å². The van der Waals surface area contributed by atoms with Gasteiger partial charge in [-0.3, -0.25) is 9.59 Å². The Hall–Kier alpha value is -1.64. The minimum absolute atomic E-state index is 0.125. The van der Waals surface area contributed by atoms with Gasteiger partial charge in [0.25, 0.3) is 0 Å². The number of benzene rings is 1. The Morgan fingerprint density at radius 3 is 2.33 bits per heavy atom. The maximum atomic E-state index is 11.6. The van der Waals surface area contributed by atoms with Crippen LogP contribution >= 0.6 is 0 Å². The van der Waals surface area contributed by atoms with E-state index in [1.165, 1.54) is 6.92 Å². The van der Waals surface area contributed by atoms with Gasteiger partial charge in [0, 0.05) is 12.3 Å². The summed E-state index contributed by atoms with van der Waals surface area (Å²) in [5.74, 6) is 0.332. The molecule has 0 unspecified atom stereocenters. The van der Waals surface area contributed by atoms with Crippen molar-refractivity contribution >= 4 is 11.8 Å². The van der Waals surface area contributed by atoms with E-state index in [1.54, 1.807) is 13.0 Å². The molecule has 0 amide bonds. The summed E-state index contributed by atoms with van der Waals surface area (Å²) in [6.45, 7) is 8.73. The van der Waals surface area contributed by atoms with Crippen LogP contribution in [0, 0.1) is 12.3 Å². The van der Waals surface area contributed by atoms with E-state index < -0.39 is 5.41 Å². The average molecular weight is 248 g/mol. The number of hydrogen-bond acceptors (Lipinski definition) is 3. The van der Waals surface area contributed by atoms with Crippen LogP contribution in [0.4, 0.5) is 0 Å². The fraction of sp³-hybridized carbons (Fsp3) is 0.467. The van der Waals surface area contributed by atoms with Gasteiger partial charge in [0.2, 0.25) is 0 Å². The van der Waals surface area contributed by atoms with Crippen LogP contribution in [0.1, 0.15) is 38.8 Å². The van der Waals surface area contributed by atoms with Crippen molar-refractivity contribution in [2.45, 2.75) is 41.0 Å². The van der Waals surface area contributed by atoms with Crippen LogP contribution in [0.2, 0.25) is 0 Å². The van der Waals surface area contributed by atoms with Gasteiger partial charge in [-0.1, -0.05) is 26.0 Å². The lowest BCUT2D eigenvalue weighted by atomic mass is 9.81. The van der Waals surface area contributed by atoms with E-state index in [9.17, 15) is 9.59 Å². The third kappa shape index (κ3) is 3.42. The molecule has 3 heteroatoms. The number of hydrogen-bond donors (Lipinski definition) is 0. The lowest BCUT2D eigenvalue weighted by Crippen LogP contribution is -2.25. The Balaban J connectivity index is 3.14. The smallest absolute Gasteiger partial charge is 0.308 e. The molecule has 0 atom stereocenters. The van der Waals surface area contributed by atoms with Gasteiger partial charge in [0.05, 0.1) is 0 Å². The predicted octanol–water partition coefficient (Wildman–Crippen LogP) is 3.08. The first-order valence-electron chi connectivity index (χ1n) is 6.02. The molecule has 0 spiro atoms. The third-order valence-electron chi connectivity index (χ3n) is 3.19. The summed E-state index contributed by atoms with van der Waals surface area (Å²) in [5, 5.41) is 0. The molecular formula is C15H20O3. The van der Waals surface area contributed by atoms with E-state index in [4.69, 9.17) is 4.74 Å². The molecule has 0 heterocycles. The fourth-order valence-electron chi connectivity index (χ4n) is 1.72. The van der Waals surface area contributed by atoms with E-state index in [0.717, 1.165) is 11.1 Å². The van der Waals surface area contributed by atoms with Crippen LogP contribution < -0.4 is 4.74 Å². The van der Waals surface area contributed by atoms with E-state index in [0.29, 0.717) is 12.2 Å². The number of esters is 1. The Bertz CT molecular complexity index is 473. The Morgan fingerprint density at radius 2 is 1.83 bits per heavy atom.